The molecule has 0 heterocycles. The number of carboxylic acid groups (broad SMARTS) is 1. The Kier molecular flexibility index (Phi) is 3.23. The minimum Gasteiger partial charge on any atom is -0.478 e. The Bertz CT molecular complexity index is 331. The fourth-order valence-electron chi connectivity index (χ4n) is 1.62. The summed E-state index contributed by atoms with van der Waals surface area (Å²) in [7, 11) is 0. The van der Waals surface area contributed by atoms with Crippen LogP contribution in [0.1, 0.15) is 13.3 Å². The van der Waals surface area contributed by atoms with Crippen molar-refractivity contribution in [2.75, 3.05) is 0 Å². The summed E-state index contributed by atoms with van der Waals surface area (Å²) in [5, 5.41) is 36.7. The van der Waals surface area contributed by atoms with Crippen LogP contribution in [-0.4, -0.2) is 50.5 Å². The molecule has 0 amide bonds. The van der Waals surface area contributed by atoms with E-state index in [9.17, 15) is 24.9 Å². The molecule has 0 saturated heterocycles. The van der Waals surface area contributed by atoms with Crippen molar-refractivity contribution >= 4 is 11.8 Å². The molecular weight excluding hydrogens is 204 g/mol. The van der Waals surface area contributed by atoms with Crippen LogP contribution < -0.4 is 0 Å². The molecule has 0 aromatic heterocycles. The maximum absolute atomic E-state index is 11.1. The molecule has 1 aliphatic rings. The number of carbonyl (C=O) groups excluding carboxylic acids is 1. The summed E-state index contributed by atoms with van der Waals surface area (Å²) in [5.41, 5.74) is -0.673. The van der Waals surface area contributed by atoms with Crippen LogP contribution in [0.15, 0.2) is 11.1 Å². The van der Waals surface area contributed by atoms with E-state index in [-0.39, 0.29) is 17.6 Å². The van der Waals surface area contributed by atoms with Crippen LogP contribution in [0.4, 0.5) is 0 Å². The summed E-state index contributed by atoms with van der Waals surface area (Å²) >= 11 is 0. The van der Waals surface area contributed by atoms with Gasteiger partial charge in [-0.05, 0) is 6.92 Å². The zero-order valence-corrected chi connectivity index (χ0v) is 8.04. The van der Waals surface area contributed by atoms with Crippen molar-refractivity contribution in [2.45, 2.75) is 31.7 Å². The minimum absolute atomic E-state index is 0.333. The lowest BCUT2D eigenvalue weighted by molar-refractivity contribution is -0.135. The number of hydrogen-bond acceptors (Lipinski definition) is 5. The number of Topliss-reactive ketones (excluding diaryl/α,β-unsaturated/α-hetero) is 1. The number of rotatable bonds is 2. The summed E-state index contributed by atoms with van der Waals surface area (Å²) in [4.78, 5) is 21.9. The van der Waals surface area contributed by atoms with E-state index in [1.807, 2.05) is 0 Å². The van der Waals surface area contributed by atoms with Gasteiger partial charge in [-0.25, -0.2) is 4.79 Å². The van der Waals surface area contributed by atoms with Gasteiger partial charge in [-0.3, -0.25) is 4.79 Å². The van der Waals surface area contributed by atoms with Crippen molar-refractivity contribution in [3.05, 3.63) is 11.1 Å². The lowest BCUT2D eigenvalue weighted by atomic mass is 9.83. The van der Waals surface area contributed by atoms with Gasteiger partial charge in [0.25, 0.3) is 0 Å². The zero-order valence-electron chi connectivity index (χ0n) is 8.04. The fraction of sp³-hybridized carbons (Fsp3) is 0.556. The highest BCUT2D eigenvalue weighted by Gasteiger charge is 2.39. The van der Waals surface area contributed by atoms with Gasteiger partial charge in [0.05, 0.1) is 6.10 Å². The Labute approximate surface area is 85.5 Å². The molecule has 15 heavy (non-hydrogen) atoms. The molecule has 0 spiro atoms. The lowest BCUT2D eigenvalue weighted by Crippen LogP contribution is -2.45. The van der Waals surface area contributed by atoms with E-state index in [1.54, 1.807) is 0 Å². The third-order valence-electron chi connectivity index (χ3n) is 2.39. The predicted molar refractivity (Wildman–Crippen MR) is 48.0 cm³/mol. The van der Waals surface area contributed by atoms with E-state index < -0.39 is 30.1 Å². The first-order valence-corrected chi connectivity index (χ1v) is 4.37. The highest BCUT2D eigenvalue weighted by molar-refractivity contribution is 6.03. The highest BCUT2D eigenvalue weighted by Crippen LogP contribution is 2.26. The van der Waals surface area contributed by atoms with E-state index in [1.165, 1.54) is 0 Å². The second kappa shape index (κ2) is 4.09. The summed E-state index contributed by atoms with van der Waals surface area (Å²) in [6, 6.07) is 0. The Hall–Kier alpha value is -1.24. The number of aliphatic carboxylic acids is 1. The maximum Gasteiger partial charge on any atom is 0.332 e. The molecule has 0 aromatic carbocycles. The monoisotopic (exact) mass is 216 g/mol. The Balaban J connectivity index is 3.23. The molecule has 0 bridgehead atoms. The second-order valence-electron chi connectivity index (χ2n) is 3.46. The third kappa shape index (κ3) is 2.06. The summed E-state index contributed by atoms with van der Waals surface area (Å²) in [5.74, 6) is -1.99. The summed E-state index contributed by atoms with van der Waals surface area (Å²) in [6.07, 6.45) is -4.87. The molecule has 1 rings (SSSR count). The van der Waals surface area contributed by atoms with Gasteiger partial charge in [-0.1, -0.05) is 0 Å². The van der Waals surface area contributed by atoms with E-state index in [0.717, 1.165) is 6.92 Å². The molecule has 3 unspecified atom stereocenters. The number of ketones is 1. The van der Waals surface area contributed by atoms with Gasteiger partial charge in [0, 0.05) is 17.6 Å². The first kappa shape index (κ1) is 11.8. The van der Waals surface area contributed by atoms with E-state index in [2.05, 4.69) is 0 Å². The molecule has 1 aliphatic carbocycles. The average Bonchev–Trinajstić information content (AvgIpc) is 2.12. The van der Waals surface area contributed by atoms with E-state index in [4.69, 9.17) is 5.11 Å². The quantitative estimate of drug-likeness (QED) is 0.444. The Morgan fingerprint density at radius 3 is 2.20 bits per heavy atom. The predicted octanol–water partition coefficient (Wildman–Crippen LogP) is -1.56. The highest BCUT2D eigenvalue weighted by atomic mass is 16.4. The van der Waals surface area contributed by atoms with Gasteiger partial charge in [0.15, 0.2) is 5.78 Å². The Morgan fingerprint density at radius 2 is 1.80 bits per heavy atom. The van der Waals surface area contributed by atoms with Crippen molar-refractivity contribution in [1.82, 2.24) is 0 Å². The SMILES string of the molecule is CC(=O)C1=C(C(=O)O)CC(O)C(O)C1O. The van der Waals surface area contributed by atoms with Gasteiger partial charge >= 0.3 is 5.97 Å². The normalized spacial score (nSPS) is 31.6. The number of carboxylic acids is 1. The van der Waals surface area contributed by atoms with E-state index >= 15 is 0 Å². The first-order chi connectivity index (χ1) is 6.86. The second-order valence-corrected chi connectivity index (χ2v) is 3.46. The van der Waals surface area contributed by atoms with Crippen molar-refractivity contribution in [3.63, 3.8) is 0 Å². The number of aliphatic hydroxyl groups excluding tert-OH is 3. The van der Waals surface area contributed by atoms with Crippen LogP contribution >= 0.6 is 0 Å². The molecule has 0 aromatic rings. The van der Waals surface area contributed by atoms with Crippen molar-refractivity contribution in [3.8, 4) is 0 Å². The molecule has 3 atom stereocenters. The molecule has 0 saturated carbocycles. The molecule has 0 aliphatic heterocycles. The largest absolute Gasteiger partial charge is 0.478 e. The fourth-order valence-corrected chi connectivity index (χ4v) is 1.62. The smallest absolute Gasteiger partial charge is 0.332 e. The number of carbonyl (C=O) groups is 2. The van der Waals surface area contributed by atoms with Gasteiger partial charge in [0.2, 0.25) is 0 Å². The molecule has 0 radical (unpaired) electrons. The molecule has 84 valence electrons. The molecular formula is C9H12O6. The first-order valence-electron chi connectivity index (χ1n) is 4.37. The van der Waals surface area contributed by atoms with E-state index in [0.29, 0.717) is 0 Å². The molecule has 6 heteroatoms. The van der Waals surface area contributed by atoms with Crippen molar-refractivity contribution in [1.29, 1.82) is 0 Å². The maximum atomic E-state index is 11.1. The molecule has 6 nitrogen and oxygen atoms in total. The lowest BCUT2D eigenvalue weighted by Gasteiger charge is -2.30. The van der Waals surface area contributed by atoms with Gasteiger partial charge < -0.3 is 20.4 Å². The van der Waals surface area contributed by atoms with Gasteiger partial charge in [0.1, 0.15) is 12.2 Å². The summed E-state index contributed by atoms with van der Waals surface area (Å²) < 4.78 is 0. The molecule has 4 N–H and O–H groups in total. The van der Waals surface area contributed by atoms with Gasteiger partial charge in [-0.2, -0.15) is 0 Å². The van der Waals surface area contributed by atoms with Gasteiger partial charge in [-0.15, -0.1) is 0 Å². The van der Waals surface area contributed by atoms with Crippen LogP contribution in [0.25, 0.3) is 0 Å². The van der Waals surface area contributed by atoms with Crippen molar-refractivity contribution < 1.29 is 30.0 Å². The summed E-state index contributed by atoms with van der Waals surface area (Å²) in [6.45, 7) is 1.10. The Morgan fingerprint density at radius 1 is 1.27 bits per heavy atom. The topological polar surface area (TPSA) is 115 Å². The third-order valence-corrected chi connectivity index (χ3v) is 2.39. The minimum atomic E-state index is -1.64. The van der Waals surface area contributed by atoms with Crippen molar-refractivity contribution in [2.24, 2.45) is 0 Å². The average molecular weight is 216 g/mol. The van der Waals surface area contributed by atoms with Crippen LogP contribution in [0.3, 0.4) is 0 Å². The van der Waals surface area contributed by atoms with Crippen LogP contribution in [0, 0.1) is 0 Å². The van der Waals surface area contributed by atoms with Crippen LogP contribution in [0.2, 0.25) is 0 Å². The number of aliphatic hydroxyl groups is 3. The number of hydrogen-bond donors (Lipinski definition) is 4. The molecule has 0 fully saturated rings. The van der Waals surface area contributed by atoms with Crippen LogP contribution in [-0.2, 0) is 9.59 Å². The standard InChI is InChI=1S/C9H12O6/c1-3(10)6-4(9(14)15)2-5(11)7(12)8(6)13/h5,7-8,11-13H,2H2,1H3,(H,14,15). The van der Waals surface area contributed by atoms with Crippen LogP contribution in [0.5, 0.6) is 0 Å². The zero-order chi connectivity index (χ0) is 11.7.